The number of carbonyl (C=O) groups excluding carboxylic acids is 2. The number of nitrogens with zero attached hydrogens (tertiary/aromatic N) is 1. The number of halogens is 1. The Morgan fingerprint density at radius 2 is 2.03 bits per heavy atom. The number of ether oxygens (including phenoxy) is 1. The molecule has 7 heteroatoms. The summed E-state index contributed by atoms with van der Waals surface area (Å²) in [7, 11) is 0. The Hall–Kier alpha value is -1.89. The van der Waals surface area contributed by atoms with Gasteiger partial charge in [0, 0.05) is 11.6 Å². The van der Waals surface area contributed by atoms with Gasteiger partial charge in [-0.1, -0.05) is 42.0 Å². The minimum absolute atomic E-state index is 0.0131. The van der Waals surface area contributed by atoms with Crippen LogP contribution < -0.4 is 10.2 Å². The Kier molecular flexibility index (Phi) is 5.81. The highest BCUT2D eigenvalue weighted by atomic mass is 35.5. The molecule has 1 spiro atoms. The molecular weight excluding hydrogens is 426 g/mol. The van der Waals surface area contributed by atoms with Crippen molar-refractivity contribution in [1.82, 2.24) is 10.2 Å². The number of quaternary nitrogens is 1. The minimum Gasteiger partial charge on any atom is -0.360 e. The van der Waals surface area contributed by atoms with Gasteiger partial charge in [0.25, 0.3) is 0 Å². The number of piperidine rings is 1. The third kappa shape index (κ3) is 3.66. The first kappa shape index (κ1) is 21.9. The van der Waals surface area contributed by atoms with E-state index >= 15 is 0 Å². The Bertz CT molecular complexity index is 927. The van der Waals surface area contributed by atoms with E-state index in [0.717, 1.165) is 12.1 Å². The molecule has 6 atom stereocenters. The first-order valence-electron chi connectivity index (χ1n) is 11.9. The van der Waals surface area contributed by atoms with E-state index < -0.39 is 17.4 Å². The molecule has 3 fully saturated rings. The van der Waals surface area contributed by atoms with Crippen LogP contribution in [-0.2, 0) is 20.9 Å². The molecule has 0 aromatic heterocycles. The van der Waals surface area contributed by atoms with Crippen molar-refractivity contribution in [3.05, 3.63) is 47.0 Å². The molecule has 6 nitrogen and oxygen atoms in total. The number of carbonyl (C=O) groups is 2. The molecule has 4 heterocycles. The molecule has 0 saturated carbocycles. The quantitative estimate of drug-likeness (QED) is 0.636. The van der Waals surface area contributed by atoms with Gasteiger partial charge in [-0.25, -0.2) is 0 Å². The fourth-order valence-corrected chi connectivity index (χ4v) is 6.57. The Labute approximate surface area is 194 Å². The molecule has 3 saturated heterocycles. The smallest absolute Gasteiger partial charge is 0.230 e. The number of benzene rings is 1. The van der Waals surface area contributed by atoms with E-state index in [9.17, 15) is 9.59 Å². The molecule has 2 amide bonds. The third-order valence-electron chi connectivity index (χ3n) is 8.05. The highest BCUT2D eigenvalue weighted by Crippen LogP contribution is 2.52. The Morgan fingerprint density at radius 3 is 2.78 bits per heavy atom. The Balaban J connectivity index is 1.25. The van der Waals surface area contributed by atoms with Crippen molar-refractivity contribution in [2.75, 3.05) is 19.6 Å². The second-order valence-electron chi connectivity index (χ2n) is 10.0. The zero-order valence-electron chi connectivity index (χ0n) is 18.9. The summed E-state index contributed by atoms with van der Waals surface area (Å²) in [5, 5.41) is 3.78. The summed E-state index contributed by atoms with van der Waals surface area (Å²) >= 11 is 6.32. The van der Waals surface area contributed by atoms with Crippen LogP contribution in [0.4, 0.5) is 0 Å². The van der Waals surface area contributed by atoms with Gasteiger partial charge in [-0.15, -0.1) is 0 Å². The van der Waals surface area contributed by atoms with Gasteiger partial charge in [0.05, 0.1) is 49.7 Å². The van der Waals surface area contributed by atoms with Crippen LogP contribution in [0, 0.1) is 11.8 Å². The lowest BCUT2D eigenvalue weighted by molar-refractivity contribution is -0.950. The average Bonchev–Trinajstić information content (AvgIpc) is 3.40. The molecule has 0 aliphatic carbocycles. The molecular formula is C25H33ClN3O3+. The largest absolute Gasteiger partial charge is 0.360 e. The maximum absolute atomic E-state index is 13.4. The summed E-state index contributed by atoms with van der Waals surface area (Å²) in [5.74, 6) is -0.994. The predicted octanol–water partition coefficient (Wildman–Crippen LogP) is 1.58. The summed E-state index contributed by atoms with van der Waals surface area (Å²) in [6.07, 6.45) is 7.44. The second kappa shape index (κ2) is 8.47. The number of hydrogen-bond acceptors (Lipinski definition) is 3. The fraction of sp³-hybridized carbons (Fsp3) is 0.600. The van der Waals surface area contributed by atoms with Crippen molar-refractivity contribution >= 4 is 23.4 Å². The molecule has 6 unspecified atom stereocenters. The number of amides is 2. The van der Waals surface area contributed by atoms with Crippen LogP contribution in [0.5, 0.6) is 0 Å². The first-order valence-corrected chi connectivity index (χ1v) is 12.3. The number of nitrogens with one attached hydrogen (secondary N) is 2. The van der Waals surface area contributed by atoms with E-state index in [2.05, 4.69) is 19.2 Å². The first-order chi connectivity index (χ1) is 15.4. The maximum Gasteiger partial charge on any atom is 0.230 e. The molecule has 2 bridgehead atoms. The summed E-state index contributed by atoms with van der Waals surface area (Å²) in [5.41, 5.74) is 0.220. The van der Waals surface area contributed by atoms with Crippen LogP contribution in [0.2, 0.25) is 5.02 Å². The number of hydrogen-bond donors (Lipinski definition) is 2. The maximum atomic E-state index is 13.4. The van der Waals surface area contributed by atoms with Crippen LogP contribution >= 0.6 is 11.6 Å². The third-order valence-corrected chi connectivity index (χ3v) is 8.42. The molecule has 32 heavy (non-hydrogen) atoms. The molecule has 1 aromatic carbocycles. The van der Waals surface area contributed by atoms with Crippen molar-refractivity contribution in [3.8, 4) is 0 Å². The van der Waals surface area contributed by atoms with Gasteiger partial charge in [0.15, 0.2) is 0 Å². The van der Waals surface area contributed by atoms with E-state index in [4.69, 9.17) is 16.3 Å². The summed E-state index contributed by atoms with van der Waals surface area (Å²) in [6, 6.07) is 8.83. The van der Waals surface area contributed by atoms with Gasteiger partial charge in [-0.05, 0) is 44.7 Å². The number of fused-ring (bicyclic) bond motifs is 1. The van der Waals surface area contributed by atoms with Gasteiger partial charge >= 0.3 is 0 Å². The molecule has 4 aliphatic rings. The lowest BCUT2D eigenvalue weighted by Gasteiger charge is -2.36. The van der Waals surface area contributed by atoms with E-state index in [-0.39, 0.29) is 17.9 Å². The average molecular weight is 459 g/mol. The van der Waals surface area contributed by atoms with Gasteiger partial charge in [0.1, 0.15) is 5.60 Å². The predicted molar refractivity (Wildman–Crippen MR) is 122 cm³/mol. The molecule has 5 rings (SSSR count). The van der Waals surface area contributed by atoms with E-state index in [1.54, 1.807) is 9.80 Å². The van der Waals surface area contributed by atoms with E-state index in [1.807, 2.05) is 36.4 Å². The molecule has 1 aromatic rings. The zero-order valence-corrected chi connectivity index (χ0v) is 19.6. The van der Waals surface area contributed by atoms with Gasteiger partial charge < -0.3 is 19.9 Å². The Morgan fingerprint density at radius 1 is 1.28 bits per heavy atom. The summed E-state index contributed by atoms with van der Waals surface area (Å²) in [4.78, 5) is 30.0. The van der Waals surface area contributed by atoms with Gasteiger partial charge in [0.2, 0.25) is 11.8 Å². The van der Waals surface area contributed by atoms with Crippen molar-refractivity contribution in [3.63, 3.8) is 0 Å². The summed E-state index contributed by atoms with van der Waals surface area (Å²) in [6.45, 7) is 7.05. The molecule has 172 valence electrons. The van der Waals surface area contributed by atoms with Crippen molar-refractivity contribution in [2.45, 2.75) is 63.4 Å². The van der Waals surface area contributed by atoms with Crippen molar-refractivity contribution in [1.29, 1.82) is 0 Å². The van der Waals surface area contributed by atoms with Gasteiger partial charge in [-0.2, -0.15) is 0 Å². The van der Waals surface area contributed by atoms with E-state index in [1.165, 1.54) is 19.3 Å². The lowest BCUT2D eigenvalue weighted by atomic mass is 9.77. The van der Waals surface area contributed by atoms with Crippen LogP contribution in [-0.4, -0.2) is 60.1 Å². The van der Waals surface area contributed by atoms with Gasteiger partial charge in [-0.3, -0.25) is 9.59 Å². The number of rotatable bonds is 6. The topological polar surface area (TPSA) is 63.1 Å². The van der Waals surface area contributed by atoms with Crippen LogP contribution in [0.1, 0.15) is 38.7 Å². The number of likely N-dealkylation sites (tertiary alicyclic amines) is 2. The SMILES string of the molecule is CC1CCCC(C)[NH+]1CCNC(=O)C1C2C=CC3(CN(Cc4ccccc4Cl)C(=O)C13)O2. The summed E-state index contributed by atoms with van der Waals surface area (Å²) < 4.78 is 6.24. The monoisotopic (exact) mass is 458 g/mol. The zero-order chi connectivity index (χ0) is 22.5. The van der Waals surface area contributed by atoms with Crippen molar-refractivity contribution in [2.24, 2.45) is 11.8 Å². The van der Waals surface area contributed by atoms with Crippen molar-refractivity contribution < 1.29 is 19.2 Å². The van der Waals surface area contributed by atoms with Crippen LogP contribution in [0.15, 0.2) is 36.4 Å². The minimum atomic E-state index is -0.688. The normalized spacial score (nSPS) is 37.7. The molecule has 4 aliphatic heterocycles. The fourth-order valence-electron chi connectivity index (χ4n) is 6.37. The lowest BCUT2D eigenvalue weighted by Crippen LogP contribution is -3.19. The van der Waals surface area contributed by atoms with Crippen LogP contribution in [0.25, 0.3) is 0 Å². The van der Waals surface area contributed by atoms with Crippen LogP contribution in [0.3, 0.4) is 0 Å². The van der Waals surface area contributed by atoms with E-state index in [0.29, 0.717) is 36.7 Å². The molecule has 2 N–H and O–H groups in total. The highest BCUT2D eigenvalue weighted by molar-refractivity contribution is 6.31. The highest BCUT2D eigenvalue weighted by Gasteiger charge is 2.66. The second-order valence-corrected chi connectivity index (χ2v) is 10.4. The standard InChI is InChI=1S/C25H32ClN3O3/c1-16-6-5-7-17(2)29(16)13-12-27-23(30)21-20-10-11-25(32-20)15-28(24(31)22(21)25)14-18-8-3-4-9-19(18)26/h3-4,8-11,16-17,20-22H,5-7,12-15H2,1-2H3,(H,27,30)/p+1. The molecule has 0 radical (unpaired) electrons.